The fourth-order valence-electron chi connectivity index (χ4n) is 2.76. The Morgan fingerprint density at radius 1 is 1.04 bits per heavy atom. The van der Waals surface area contributed by atoms with Crippen LogP contribution in [0, 0.1) is 0 Å². The van der Waals surface area contributed by atoms with E-state index in [0.717, 1.165) is 32.9 Å². The molecule has 0 atom stereocenters. The van der Waals surface area contributed by atoms with E-state index in [1.54, 1.807) is 10.9 Å². The fourth-order valence-corrected chi connectivity index (χ4v) is 3.52. The molecule has 0 spiro atoms. The first kappa shape index (κ1) is 17.2. The van der Waals surface area contributed by atoms with E-state index >= 15 is 0 Å². The van der Waals surface area contributed by atoms with Crippen LogP contribution in [0.4, 0.5) is 5.69 Å². The summed E-state index contributed by atoms with van der Waals surface area (Å²) < 4.78 is 1.69. The average molecular weight is 375 g/mol. The number of carbonyl (C=O) groups is 1. The minimum atomic E-state index is -0.0805. The Morgan fingerprint density at radius 2 is 1.78 bits per heavy atom. The molecule has 2 aromatic carbocycles. The first-order chi connectivity index (χ1) is 13.2. The van der Waals surface area contributed by atoms with Gasteiger partial charge in [-0.3, -0.25) is 9.48 Å². The molecule has 1 N–H and O–H groups in total. The van der Waals surface area contributed by atoms with Crippen molar-refractivity contribution in [3.8, 4) is 11.1 Å². The first-order valence-electron chi connectivity index (χ1n) is 8.41. The third kappa shape index (κ3) is 3.83. The quantitative estimate of drug-likeness (QED) is 0.425. The van der Waals surface area contributed by atoms with Gasteiger partial charge in [0, 0.05) is 12.7 Å². The number of nitrogens with one attached hydrogen (secondary N) is 1. The lowest BCUT2D eigenvalue weighted by molar-refractivity contribution is -0.113. The highest BCUT2D eigenvalue weighted by Crippen LogP contribution is 2.24. The molecule has 6 nitrogen and oxygen atoms in total. The van der Waals surface area contributed by atoms with Crippen LogP contribution in [0.2, 0.25) is 0 Å². The van der Waals surface area contributed by atoms with Crippen LogP contribution in [0.5, 0.6) is 0 Å². The summed E-state index contributed by atoms with van der Waals surface area (Å²) in [6.45, 7) is 0. The van der Waals surface area contributed by atoms with Gasteiger partial charge in [-0.25, -0.2) is 9.97 Å². The van der Waals surface area contributed by atoms with Gasteiger partial charge in [0.2, 0.25) is 5.91 Å². The van der Waals surface area contributed by atoms with Gasteiger partial charge in [-0.05, 0) is 23.3 Å². The molecule has 4 aromatic rings. The fraction of sp³-hybridized carbons (Fsp3) is 0.100. The van der Waals surface area contributed by atoms with Crippen molar-refractivity contribution < 1.29 is 4.79 Å². The summed E-state index contributed by atoms with van der Waals surface area (Å²) in [5, 5.41) is 8.71. The topological polar surface area (TPSA) is 72.7 Å². The number of amides is 1. The van der Waals surface area contributed by atoms with Gasteiger partial charge in [0.15, 0.2) is 5.65 Å². The van der Waals surface area contributed by atoms with Crippen LogP contribution in [0.3, 0.4) is 0 Å². The number of hydrogen-bond donors (Lipinski definition) is 1. The summed E-state index contributed by atoms with van der Waals surface area (Å²) in [5.74, 6) is 0.185. The van der Waals surface area contributed by atoms with Crippen LogP contribution in [0.25, 0.3) is 22.2 Å². The molecule has 0 aliphatic carbocycles. The minimum Gasteiger partial charge on any atom is -0.325 e. The molecular weight excluding hydrogens is 358 g/mol. The van der Waals surface area contributed by atoms with Gasteiger partial charge in [0.25, 0.3) is 0 Å². The van der Waals surface area contributed by atoms with Gasteiger partial charge in [-0.15, -0.1) is 0 Å². The summed E-state index contributed by atoms with van der Waals surface area (Å²) >= 11 is 1.37. The van der Waals surface area contributed by atoms with Crippen molar-refractivity contribution in [3.63, 3.8) is 0 Å². The summed E-state index contributed by atoms with van der Waals surface area (Å²) in [7, 11) is 1.83. The number of anilines is 1. The normalized spacial score (nSPS) is 10.9. The molecule has 2 aromatic heterocycles. The van der Waals surface area contributed by atoms with Crippen molar-refractivity contribution in [3.05, 3.63) is 67.1 Å². The second kappa shape index (κ2) is 7.59. The molecule has 1 amide bonds. The van der Waals surface area contributed by atoms with Crippen molar-refractivity contribution in [2.75, 3.05) is 11.1 Å². The molecule has 0 bridgehead atoms. The number of thioether (sulfide) groups is 1. The maximum absolute atomic E-state index is 12.3. The van der Waals surface area contributed by atoms with Gasteiger partial charge >= 0.3 is 0 Å². The second-order valence-electron chi connectivity index (χ2n) is 5.96. The molecule has 0 aliphatic rings. The summed E-state index contributed by atoms with van der Waals surface area (Å²) in [6, 6.07) is 18.0. The lowest BCUT2D eigenvalue weighted by Crippen LogP contribution is -2.14. The van der Waals surface area contributed by atoms with Crippen LogP contribution in [0.15, 0.2) is 72.1 Å². The van der Waals surface area contributed by atoms with Crippen molar-refractivity contribution in [2.24, 2.45) is 7.05 Å². The van der Waals surface area contributed by atoms with Crippen molar-refractivity contribution in [2.45, 2.75) is 5.03 Å². The van der Waals surface area contributed by atoms with Crippen molar-refractivity contribution in [1.82, 2.24) is 19.7 Å². The number of nitrogens with zero attached hydrogens (tertiary/aromatic N) is 4. The smallest absolute Gasteiger partial charge is 0.234 e. The number of aromatic nitrogens is 4. The number of fused-ring (bicyclic) bond motifs is 1. The number of hydrogen-bond acceptors (Lipinski definition) is 5. The predicted octanol–water partition coefficient (Wildman–Crippen LogP) is 3.76. The van der Waals surface area contributed by atoms with E-state index in [4.69, 9.17) is 0 Å². The monoisotopic (exact) mass is 375 g/mol. The Bertz CT molecular complexity index is 1080. The lowest BCUT2D eigenvalue weighted by atomic mass is 10.1. The van der Waals surface area contributed by atoms with Gasteiger partial charge < -0.3 is 5.32 Å². The van der Waals surface area contributed by atoms with E-state index in [0.29, 0.717) is 0 Å². The summed E-state index contributed by atoms with van der Waals surface area (Å²) in [6.07, 6.45) is 3.21. The second-order valence-corrected chi connectivity index (χ2v) is 6.93. The molecule has 2 heterocycles. The molecule has 27 heavy (non-hydrogen) atoms. The molecule has 0 unspecified atom stereocenters. The van der Waals surface area contributed by atoms with E-state index < -0.39 is 0 Å². The minimum absolute atomic E-state index is 0.0805. The Labute approximate surface area is 160 Å². The molecule has 0 saturated heterocycles. The van der Waals surface area contributed by atoms with E-state index in [9.17, 15) is 4.79 Å². The Kier molecular flexibility index (Phi) is 4.84. The third-order valence-corrected chi connectivity index (χ3v) is 5.11. The van der Waals surface area contributed by atoms with Crippen LogP contribution >= 0.6 is 11.8 Å². The maximum atomic E-state index is 12.3. The van der Waals surface area contributed by atoms with Crippen LogP contribution in [-0.2, 0) is 11.8 Å². The highest BCUT2D eigenvalue weighted by atomic mass is 32.2. The Morgan fingerprint density at radius 3 is 2.56 bits per heavy atom. The third-order valence-electron chi connectivity index (χ3n) is 4.11. The van der Waals surface area contributed by atoms with Gasteiger partial charge in [0.1, 0.15) is 11.4 Å². The molecule has 4 rings (SSSR count). The van der Waals surface area contributed by atoms with E-state index in [1.165, 1.54) is 18.1 Å². The number of carbonyl (C=O) groups excluding carboxylic acids is 1. The molecule has 0 radical (unpaired) electrons. The maximum Gasteiger partial charge on any atom is 0.234 e. The molecule has 0 fully saturated rings. The summed E-state index contributed by atoms with van der Waals surface area (Å²) in [5.41, 5.74) is 3.79. The number of benzene rings is 2. The molecular formula is C20H17N5OS. The summed E-state index contributed by atoms with van der Waals surface area (Å²) in [4.78, 5) is 20.8. The highest BCUT2D eigenvalue weighted by Gasteiger charge is 2.11. The van der Waals surface area contributed by atoms with Gasteiger partial charge in [0.05, 0.1) is 17.3 Å². The SMILES string of the molecule is Cn1ncc2c(SCC(=O)Nc3ccc(-c4ccccc4)cc3)ncnc21. The van der Waals surface area contributed by atoms with Crippen LogP contribution in [-0.4, -0.2) is 31.4 Å². The highest BCUT2D eigenvalue weighted by molar-refractivity contribution is 8.00. The van der Waals surface area contributed by atoms with Gasteiger partial charge in [-0.2, -0.15) is 5.10 Å². The Balaban J connectivity index is 1.39. The van der Waals surface area contributed by atoms with E-state index in [2.05, 4.69) is 32.5 Å². The van der Waals surface area contributed by atoms with Crippen molar-refractivity contribution in [1.29, 1.82) is 0 Å². The van der Waals surface area contributed by atoms with Gasteiger partial charge in [-0.1, -0.05) is 54.2 Å². The van der Waals surface area contributed by atoms with Crippen molar-refractivity contribution >= 4 is 34.4 Å². The van der Waals surface area contributed by atoms with E-state index in [1.807, 2.05) is 49.5 Å². The number of rotatable bonds is 5. The lowest BCUT2D eigenvalue weighted by Gasteiger charge is -2.07. The van der Waals surface area contributed by atoms with E-state index in [-0.39, 0.29) is 11.7 Å². The number of aryl methyl sites for hydroxylation is 1. The largest absolute Gasteiger partial charge is 0.325 e. The molecule has 7 heteroatoms. The molecule has 0 saturated carbocycles. The standard InChI is InChI=1S/C20H17N5OS/c1-25-19-17(11-23-25)20(22-13-21-19)27-12-18(26)24-16-9-7-15(8-10-16)14-5-3-2-4-6-14/h2-11,13H,12H2,1H3,(H,24,26). The molecule has 0 aliphatic heterocycles. The van der Waals surface area contributed by atoms with Crippen LogP contribution in [0.1, 0.15) is 0 Å². The zero-order chi connectivity index (χ0) is 18.6. The van der Waals surface area contributed by atoms with Crippen LogP contribution < -0.4 is 5.32 Å². The first-order valence-corrected chi connectivity index (χ1v) is 9.40. The molecule has 134 valence electrons. The zero-order valence-electron chi connectivity index (χ0n) is 14.7. The zero-order valence-corrected chi connectivity index (χ0v) is 15.5. The predicted molar refractivity (Wildman–Crippen MR) is 108 cm³/mol. The average Bonchev–Trinajstić information content (AvgIpc) is 3.09. The Hall–Kier alpha value is -3.19.